The first-order valence-electron chi connectivity index (χ1n) is 4.76. The molecule has 0 aliphatic carbocycles. The minimum atomic E-state index is -0.395. The Morgan fingerprint density at radius 2 is 1.29 bits per heavy atom. The maximum atomic E-state index is 5.29. The summed E-state index contributed by atoms with van der Waals surface area (Å²) in [6.07, 6.45) is -0.395. The molecular weight excluding hydrogens is 186 g/mol. The van der Waals surface area contributed by atoms with Gasteiger partial charge in [0.05, 0.1) is 26.4 Å². The summed E-state index contributed by atoms with van der Waals surface area (Å²) in [5, 5.41) is 0. The van der Waals surface area contributed by atoms with Gasteiger partial charge in [-0.2, -0.15) is 0 Å². The van der Waals surface area contributed by atoms with Crippen LogP contribution in [0.1, 0.15) is 0 Å². The smallest absolute Gasteiger partial charge is 0.180 e. The second-order valence-electron chi connectivity index (χ2n) is 2.61. The van der Waals surface area contributed by atoms with E-state index in [1.54, 1.807) is 0 Å². The van der Waals surface area contributed by atoms with Crippen molar-refractivity contribution in [3.05, 3.63) is 0 Å². The quantitative estimate of drug-likeness (QED) is 0.289. The zero-order valence-corrected chi connectivity index (χ0v) is 8.48. The predicted octanol–water partition coefficient (Wildman–Crippen LogP) is -1.76. The highest BCUT2D eigenvalue weighted by atomic mass is 16.7. The molecular formula is C8H21N3O3. The largest absolute Gasteiger partial charge is 0.375 e. The van der Waals surface area contributed by atoms with Crippen LogP contribution in [0.5, 0.6) is 0 Å². The molecule has 86 valence electrons. The van der Waals surface area contributed by atoms with Crippen molar-refractivity contribution in [1.82, 2.24) is 0 Å². The van der Waals surface area contributed by atoms with Crippen LogP contribution in [0.2, 0.25) is 0 Å². The van der Waals surface area contributed by atoms with E-state index in [1.165, 1.54) is 0 Å². The van der Waals surface area contributed by atoms with Gasteiger partial charge in [0, 0.05) is 19.6 Å². The molecule has 0 bridgehead atoms. The molecule has 0 heterocycles. The molecule has 0 amide bonds. The summed E-state index contributed by atoms with van der Waals surface area (Å²) >= 11 is 0. The second-order valence-corrected chi connectivity index (χ2v) is 2.61. The van der Waals surface area contributed by atoms with Crippen LogP contribution < -0.4 is 17.2 Å². The van der Waals surface area contributed by atoms with Crippen molar-refractivity contribution < 1.29 is 14.2 Å². The normalized spacial score (nSPS) is 11.1. The highest BCUT2D eigenvalue weighted by Crippen LogP contribution is 1.95. The van der Waals surface area contributed by atoms with E-state index in [1.807, 2.05) is 0 Å². The van der Waals surface area contributed by atoms with E-state index in [2.05, 4.69) is 0 Å². The first-order chi connectivity index (χ1) is 6.85. The van der Waals surface area contributed by atoms with E-state index >= 15 is 0 Å². The lowest BCUT2D eigenvalue weighted by Crippen LogP contribution is -2.29. The van der Waals surface area contributed by atoms with Crippen LogP contribution in [-0.2, 0) is 14.2 Å². The molecule has 0 atom stereocenters. The lowest BCUT2D eigenvalue weighted by Gasteiger charge is -2.17. The van der Waals surface area contributed by atoms with Crippen LogP contribution in [0.25, 0.3) is 0 Å². The number of hydrogen-bond acceptors (Lipinski definition) is 6. The van der Waals surface area contributed by atoms with E-state index in [4.69, 9.17) is 31.4 Å². The van der Waals surface area contributed by atoms with Crippen LogP contribution in [0.15, 0.2) is 0 Å². The number of ether oxygens (including phenoxy) is 3. The van der Waals surface area contributed by atoms with Crippen molar-refractivity contribution >= 4 is 0 Å². The molecule has 0 spiro atoms. The maximum absolute atomic E-state index is 5.29. The van der Waals surface area contributed by atoms with Crippen LogP contribution in [0, 0.1) is 0 Å². The first-order valence-corrected chi connectivity index (χ1v) is 4.76. The molecule has 0 radical (unpaired) electrons. The Morgan fingerprint density at radius 3 is 1.71 bits per heavy atom. The summed E-state index contributed by atoms with van der Waals surface area (Å²) in [6.45, 7) is 3.15. The molecule has 0 aromatic heterocycles. The molecule has 0 aliphatic rings. The fourth-order valence-electron chi connectivity index (χ4n) is 0.806. The summed E-state index contributed by atoms with van der Waals surface area (Å²) in [7, 11) is 0. The van der Waals surface area contributed by atoms with Crippen LogP contribution in [-0.4, -0.2) is 52.4 Å². The molecule has 0 aromatic carbocycles. The van der Waals surface area contributed by atoms with E-state index in [0.29, 0.717) is 46.1 Å². The minimum absolute atomic E-state index is 0.358. The van der Waals surface area contributed by atoms with Gasteiger partial charge in [-0.05, 0) is 0 Å². The molecule has 0 aliphatic heterocycles. The Kier molecular flexibility index (Phi) is 10.7. The Labute approximate surface area is 84.7 Å². The van der Waals surface area contributed by atoms with Gasteiger partial charge < -0.3 is 31.4 Å². The average molecular weight is 207 g/mol. The standard InChI is InChI=1S/C8H21N3O3/c9-1-4-12-7-8(13-5-2-10)14-6-3-11/h8H,1-7,9-11H2. The maximum Gasteiger partial charge on any atom is 0.180 e. The van der Waals surface area contributed by atoms with Crippen molar-refractivity contribution in [3.63, 3.8) is 0 Å². The van der Waals surface area contributed by atoms with Crippen molar-refractivity contribution in [3.8, 4) is 0 Å². The topological polar surface area (TPSA) is 106 Å². The lowest BCUT2D eigenvalue weighted by atomic mass is 10.6. The first kappa shape index (κ1) is 13.8. The fraction of sp³-hybridized carbons (Fsp3) is 1.00. The van der Waals surface area contributed by atoms with Crippen molar-refractivity contribution in [1.29, 1.82) is 0 Å². The van der Waals surface area contributed by atoms with Crippen LogP contribution in [0.4, 0.5) is 0 Å². The second kappa shape index (κ2) is 10.8. The molecule has 0 saturated heterocycles. The number of rotatable bonds is 10. The Balaban J connectivity index is 3.49. The predicted molar refractivity (Wildman–Crippen MR) is 53.7 cm³/mol. The third kappa shape index (κ3) is 8.36. The van der Waals surface area contributed by atoms with Crippen LogP contribution >= 0.6 is 0 Å². The molecule has 6 heteroatoms. The summed E-state index contributed by atoms with van der Waals surface area (Å²) in [4.78, 5) is 0. The van der Waals surface area contributed by atoms with Crippen molar-refractivity contribution in [2.24, 2.45) is 17.2 Å². The molecule has 0 saturated carbocycles. The van der Waals surface area contributed by atoms with Gasteiger partial charge in [-0.1, -0.05) is 0 Å². The summed E-state index contributed by atoms with van der Waals surface area (Å²) in [5.41, 5.74) is 15.9. The van der Waals surface area contributed by atoms with E-state index in [-0.39, 0.29) is 0 Å². The minimum Gasteiger partial charge on any atom is -0.375 e. The monoisotopic (exact) mass is 207 g/mol. The number of nitrogens with two attached hydrogens (primary N) is 3. The average Bonchev–Trinajstić information content (AvgIpc) is 2.21. The van der Waals surface area contributed by atoms with Gasteiger partial charge in [0.25, 0.3) is 0 Å². The van der Waals surface area contributed by atoms with Gasteiger partial charge in [0.1, 0.15) is 0 Å². The Hall–Kier alpha value is -0.240. The molecule has 0 fully saturated rings. The van der Waals surface area contributed by atoms with Gasteiger partial charge in [0.15, 0.2) is 6.29 Å². The van der Waals surface area contributed by atoms with Crippen LogP contribution in [0.3, 0.4) is 0 Å². The highest BCUT2D eigenvalue weighted by Gasteiger charge is 2.08. The van der Waals surface area contributed by atoms with E-state index in [0.717, 1.165) is 0 Å². The summed E-state index contributed by atoms with van der Waals surface area (Å²) in [6, 6.07) is 0. The van der Waals surface area contributed by atoms with Gasteiger partial charge in [0.2, 0.25) is 0 Å². The molecule has 6 N–H and O–H groups in total. The summed E-state index contributed by atoms with van der Waals surface area (Å²) < 4.78 is 15.7. The fourth-order valence-corrected chi connectivity index (χ4v) is 0.806. The Bertz CT molecular complexity index is 108. The molecule has 0 unspecified atom stereocenters. The summed E-state index contributed by atoms with van der Waals surface area (Å²) in [5.74, 6) is 0. The third-order valence-electron chi connectivity index (χ3n) is 1.36. The molecule has 0 aromatic rings. The van der Waals surface area contributed by atoms with Gasteiger partial charge in [-0.15, -0.1) is 0 Å². The number of hydrogen-bond donors (Lipinski definition) is 3. The van der Waals surface area contributed by atoms with Gasteiger partial charge in [-0.3, -0.25) is 0 Å². The molecule has 6 nitrogen and oxygen atoms in total. The lowest BCUT2D eigenvalue weighted by molar-refractivity contribution is -0.168. The third-order valence-corrected chi connectivity index (χ3v) is 1.36. The zero-order valence-electron chi connectivity index (χ0n) is 8.48. The van der Waals surface area contributed by atoms with Gasteiger partial charge >= 0.3 is 0 Å². The molecule has 14 heavy (non-hydrogen) atoms. The highest BCUT2D eigenvalue weighted by molar-refractivity contribution is 4.45. The van der Waals surface area contributed by atoms with E-state index < -0.39 is 6.29 Å². The van der Waals surface area contributed by atoms with Crippen molar-refractivity contribution in [2.75, 3.05) is 46.1 Å². The molecule has 0 rings (SSSR count). The Morgan fingerprint density at radius 1 is 0.786 bits per heavy atom. The SMILES string of the molecule is NCCOCC(OCCN)OCCN. The van der Waals surface area contributed by atoms with Crippen molar-refractivity contribution in [2.45, 2.75) is 6.29 Å². The van der Waals surface area contributed by atoms with Gasteiger partial charge in [-0.25, -0.2) is 0 Å². The van der Waals surface area contributed by atoms with E-state index in [9.17, 15) is 0 Å². The zero-order chi connectivity index (χ0) is 10.6.